The molecule has 0 bridgehead atoms. The van der Waals surface area contributed by atoms with Gasteiger partial charge in [0, 0.05) is 16.0 Å². The Morgan fingerprint density at radius 3 is 1.15 bits per heavy atom. The molecule has 238 valence electrons. The van der Waals surface area contributed by atoms with E-state index in [-0.39, 0.29) is 19.2 Å². The fourth-order valence-corrected chi connectivity index (χ4v) is 4.97. The number of aliphatic hydroxyl groups excluding tert-OH is 1. The van der Waals surface area contributed by atoms with Gasteiger partial charge in [-0.15, -0.1) is 0 Å². The maximum Gasteiger partial charge on any atom is 0.154 e. The van der Waals surface area contributed by atoms with Crippen molar-refractivity contribution in [2.24, 2.45) is 23.7 Å². The van der Waals surface area contributed by atoms with Gasteiger partial charge in [0.1, 0.15) is 0 Å². The number of aliphatic hydroxyl groups is 1. The molecule has 0 aromatic heterocycles. The zero-order valence-corrected chi connectivity index (χ0v) is 29.5. The first-order chi connectivity index (χ1) is 19.4. The Bertz CT molecular complexity index is 509. The van der Waals surface area contributed by atoms with Crippen molar-refractivity contribution in [3.63, 3.8) is 0 Å². The summed E-state index contributed by atoms with van der Waals surface area (Å²) in [5.41, 5.74) is 0. The molecule has 10 heteroatoms. The predicted octanol–water partition coefficient (Wildman–Crippen LogP) is 7.83. The highest BCUT2D eigenvalue weighted by atomic mass is 79.9. The Kier molecular flexibility index (Phi) is 29.6. The van der Waals surface area contributed by atoms with E-state index < -0.39 is 0 Å². The van der Waals surface area contributed by atoms with Crippen molar-refractivity contribution < 1.29 is 33.5 Å². The zero-order chi connectivity index (χ0) is 29.8. The molecule has 1 N–H and O–H groups in total. The number of ether oxygens (including phenoxy) is 6. The molecule has 0 radical (unpaired) electrons. The number of hydrogen-bond donors (Lipinski definition) is 1. The molecule has 2 rings (SSSR count). The summed E-state index contributed by atoms with van der Waals surface area (Å²) < 4.78 is 32.9. The Morgan fingerprint density at radius 2 is 0.900 bits per heavy atom. The largest absolute Gasteiger partial charge is 0.502 e. The Hall–Kier alpha value is 0.320. The van der Waals surface area contributed by atoms with Gasteiger partial charge in [0.2, 0.25) is 0 Å². The molecule has 0 spiro atoms. The van der Waals surface area contributed by atoms with Crippen molar-refractivity contribution in [2.45, 2.75) is 77.8 Å². The number of halogens is 3. The van der Waals surface area contributed by atoms with Gasteiger partial charge in [-0.25, -0.2) is 0 Å². The molecule has 2 fully saturated rings. The van der Waals surface area contributed by atoms with E-state index in [9.17, 15) is 0 Å². The summed E-state index contributed by atoms with van der Waals surface area (Å²) >= 11 is 9.69. The van der Waals surface area contributed by atoms with Crippen LogP contribution < -0.4 is 0 Å². The van der Waals surface area contributed by atoms with Crippen molar-refractivity contribution in [3.05, 3.63) is 25.7 Å². The van der Waals surface area contributed by atoms with Gasteiger partial charge in [0.25, 0.3) is 0 Å². The molecule has 0 saturated heterocycles. The van der Waals surface area contributed by atoms with Crippen LogP contribution in [0.3, 0.4) is 0 Å². The molecule has 2 aliphatic carbocycles. The molecule has 0 aromatic rings. The predicted molar refractivity (Wildman–Crippen MR) is 174 cm³/mol. The molecule has 40 heavy (non-hydrogen) atoms. The molecule has 0 heterocycles. The summed E-state index contributed by atoms with van der Waals surface area (Å²) in [5.74, 6) is 2.75. The van der Waals surface area contributed by atoms with E-state index in [1.54, 1.807) is 0 Å². The topological polar surface area (TPSA) is 75.6 Å². The van der Waals surface area contributed by atoms with Gasteiger partial charge >= 0.3 is 0 Å². The number of rotatable bonds is 19. The highest BCUT2D eigenvalue weighted by Gasteiger charge is 2.23. The van der Waals surface area contributed by atoms with Crippen LogP contribution in [0.4, 0.5) is 0 Å². The van der Waals surface area contributed by atoms with E-state index in [4.69, 9.17) is 33.5 Å². The van der Waals surface area contributed by atoms with E-state index in [0.717, 1.165) is 37.1 Å². The highest BCUT2D eigenvalue weighted by molar-refractivity contribution is 9.09. The first-order valence-electron chi connectivity index (χ1n) is 14.6. The van der Waals surface area contributed by atoms with Crippen LogP contribution in [0.15, 0.2) is 25.7 Å². The SMILES string of the molecule is C=COCC1CCC(COC=C)CC1.CC(OCCBr)OCC1CCC(COC(C)OCCBr)CC1.OCCBr. The third kappa shape index (κ3) is 23.8. The minimum atomic E-state index is -0.106. The Morgan fingerprint density at radius 1 is 0.600 bits per heavy atom. The lowest BCUT2D eigenvalue weighted by Crippen LogP contribution is -2.26. The lowest BCUT2D eigenvalue weighted by Gasteiger charge is -2.29. The van der Waals surface area contributed by atoms with Crippen LogP contribution in [0.25, 0.3) is 0 Å². The van der Waals surface area contributed by atoms with Crippen LogP contribution in [0.2, 0.25) is 0 Å². The normalized spacial score (nSPS) is 23.9. The van der Waals surface area contributed by atoms with E-state index in [1.807, 2.05) is 13.8 Å². The first-order valence-corrected chi connectivity index (χ1v) is 18.0. The molecule has 2 atom stereocenters. The molecular formula is C30H55Br3O7. The van der Waals surface area contributed by atoms with Gasteiger partial charge in [-0.05, 0) is 88.9 Å². The van der Waals surface area contributed by atoms with Crippen LogP contribution in [0, 0.1) is 23.7 Å². The van der Waals surface area contributed by atoms with Gasteiger partial charge in [-0.1, -0.05) is 60.9 Å². The average Bonchev–Trinajstić information content (AvgIpc) is 3.00. The van der Waals surface area contributed by atoms with E-state index in [0.29, 0.717) is 42.2 Å². The van der Waals surface area contributed by atoms with Gasteiger partial charge in [0.15, 0.2) is 12.6 Å². The first kappa shape index (κ1) is 40.3. The fraction of sp³-hybridized carbons (Fsp3) is 0.867. The lowest BCUT2D eigenvalue weighted by atomic mass is 9.83. The van der Waals surface area contributed by atoms with Gasteiger partial charge in [0.05, 0.1) is 58.8 Å². The summed E-state index contributed by atoms with van der Waals surface area (Å²) in [6, 6.07) is 0. The maximum absolute atomic E-state index is 7.83. The molecule has 2 aliphatic rings. The molecule has 0 amide bonds. The minimum Gasteiger partial charge on any atom is -0.502 e. The highest BCUT2D eigenvalue weighted by Crippen LogP contribution is 2.30. The summed E-state index contributed by atoms with van der Waals surface area (Å²) in [4.78, 5) is 0. The van der Waals surface area contributed by atoms with Crippen molar-refractivity contribution in [3.8, 4) is 0 Å². The Balaban J connectivity index is 0.000000719. The Labute approximate surface area is 269 Å². The van der Waals surface area contributed by atoms with Gasteiger partial charge < -0.3 is 33.5 Å². The van der Waals surface area contributed by atoms with E-state index >= 15 is 0 Å². The van der Waals surface area contributed by atoms with E-state index in [1.165, 1.54) is 63.9 Å². The summed E-state index contributed by atoms with van der Waals surface area (Å²) in [5, 5.41) is 10.2. The van der Waals surface area contributed by atoms with Crippen LogP contribution in [0.5, 0.6) is 0 Å². The molecular weight excluding hydrogens is 712 g/mol. The summed E-state index contributed by atoms with van der Waals surface area (Å²) in [7, 11) is 0. The fourth-order valence-electron chi connectivity index (χ4n) is 4.60. The summed E-state index contributed by atoms with van der Waals surface area (Å²) in [6.45, 7) is 15.9. The number of hydrogen-bond acceptors (Lipinski definition) is 7. The monoisotopic (exact) mass is 764 g/mol. The van der Waals surface area contributed by atoms with Crippen LogP contribution >= 0.6 is 47.8 Å². The average molecular weight is 767 g/mol. The second-order valence-corrected chi connectivity index (χ2v) is 12.5. The van der Waals surface area contributed by atoms with Crippen molar-refractivity contribution >= 4 is 47.8 Å². The van der Waals surface area contributed by atoms with Gasteiger partial charge in [-0.2, -0.15) is 0 Å². The van der Waals surface area contributed by atoms with E-state index in [2.05, 4.69) is 60.9 Å². The second kappa shape index (κ2) is 29.4. The number of alkyl halides is 3. The molecule has 2 unspecified atom stereocenters. The van der Waals surface area contributed by atoms with Crippen molar-refractivity contribution in [1.82, 2.24) is 0 Å². The molecule has 7 nitrogen and oxygen atoms in total. The third-order valence-corrected chi connectivity index (χ3v) is 7.91. The standard InChI is InChI=1S/C16H30Br2O4.C12H20O2.C2H5BrO/c1-13(19-9-7-17)21-11-15-3-5-16(6-4-15)12-22-14(2)20-10-8-18;1-3-13-9-11-5-7-12(8-6-11)10-14-4-2;3-1-2-4/h13-16H,3-12H2,1-2H3;3-4,11-12H,1-2,5-10H2;4H,1-2H2. The van der Waals surface area contributed by atoms with Crippen LogP contribution in [-0.4, -0.2) is 79.9 Å². The van der Waals surface area contributed by atoms with Crippen molar-refractivity contribution in [2.75, 3.05) is 62.2 Å². The quantitative estimate of drug-likeness (QED) is 0.0817. The zero-order valence-electron chi connectivity index (χ0n) is 24.8. The molecule has 0 aromatic carbocycles. The minimum absolute atomic E-state index is 0.106. The third-order valence-electron chi connectivity index (χ3n) is 6.91. The second-order valence-electron chi connectivity index (χ2n) is 10.1. The van der Waals surface area contributed by atoms with Gasteiger partial charge in [-0.3, -0.25) is 0 Å². The van der Waals surface area contributed by atoms with Crippen LogP contribution in [-0.2, 0) is 28.4 Å². The van der Waals surface area contributed by atoms with Crippen LogP contribution in [0.1, 0.15) is 65.2 Å². The molecule has 0 aliphatic heterocycles. The van der Waals surface area contributed by atoms with Crippen molar-refractivity contribution in [1.29, 1.82) is 0 Å². The summed E-state index contributed by atoms with van der Waals surface area (Å²) in [6.07, 6.45) is 12.7. The lowest BCUT2D eigenvalue weighted by molar-refractivity contribution is -0.144. The molecule has 2 saturated carbocycles. The smallest absolute Gasteiger partial charge is 0.154 e. The maximum atomic E-state index is 7.83.